The average molecular weight is 479 g/mol. The van der Waals surface area contributed by atoms with Crippen molar-refractivity contribution in [3.05, 3.63) is 67.3 Å². The summed E-state index contributed by atoms with van der Waals surface area (Å²) in [5, 5.41) is 27.2. The van der Waals surface area contributed by atoms with E-state index in [0.717, 1.165) is 49.7 Å². The van der Waals surface area contributed by atoms with E-state index < -0.39 is 9.85 Å². The first kappa shape index (κ1) is 22.9. The fourth-order valence-electron chi connectivity index (χ4n) is 6.16. The molecule has 2 N–H and O–H groups in total. The van der Waals surface area contributed by atoms with Crippen molar-refractivity contribution in [3.8, 4) is 0 Å². The van der Waals surface area contributed by atoms with Crippen LogP contribution in [-0.2, 0) is 9.59 Å². The molecule has 10 heteroatoms. The number of aryl methyl sites for hydroxylation is 1. The Morgan fingerprint density at radius 3 is 1.86 bits per heavy atom. The van der Waals surface area contributed by atoms with Crippen molar-refractivity contribution in [1.82, 2.24) is 0 Å². The van der Waals surface area contributed by atoms with Gasteiger partial charge in [-0.1, -0.05) is 12.8 Å². The molecule has 4 unspecified atom stereocenters. The van der Waals surface area contributed by atoms with Gasteiger partial charge < -0.3 is 10.6 Å². The lowest BCUT2D eigenvalue weighted by Gasteiger charge is -2.28. The zero-order valence-electron chi connectivity index (χ0n) is 19.3. The average Bonchev–Trinajstić information content (AvgIpc) is 3.50. The number of amides is 2. The van der Waals surface area contributed by atoms with E-state index in [1.807, 2.05) is 6.07 Å². The molecular formula is C25H26N4O6. The maximum atomic E-state index is 11.9. The number of nitrogens with zero attached hydrogens (tertiary/aromatic N) is 2. The molecule has 2 aromatic carbocycles. The summed E-state index contributed by atoms with van der Waals surface area (Å²) in [5.41, 5.74) is 4.14. The van der Waals surface area contributed by atoms with Gasteiger partial charge >= 0.3 is 0 Å². The van der Waals surface area contributed by atoms with Gasteiger partial charge in [0.05, 0.1) is 21.2 Å². The van der Waals surface area contributed by atoms with Crippen LogP contribution in [0.2, 0.25) is 0 Å². The SMILES string of the molecule is Cc1cc2c(cc1[N+](=O)[O-])NC(=O)C1CCCC21.O=C1Nc2cc([N+](=O)[O-])ccc2C2CCCC12. The molecular weight excluding hydrogens is 452 g/mol. The van der Waals surface area contributed by atoms with Crippen LogP contribution >= 0.6 is 0 Å². The molecule has 10 nitrogen and oxygen atoms in total. The minimum atomic E-state index is -0.437. The number of carbonyl (C=O) groups excluding carboxylic acids is 2. The molecule has 2 saturated carbocycles. The number of hydrogen-bond acceptors (Lipinski definition) is 6. The van der Waals surface area contributed by atoms with Gasteiger partial charge in [-0.3, -0.25) is 29.8 Å². The Morgan fingerprint density at radius 1 is 0.743 bits per heavy atom. The van der Waals surface area contributed by atoms with Gasteiger partial charge in [0.15, 0.2) is 0 Å². The van der Waals surface area contributed by atoms with Gasteiger partial charge in [0, 0.05) is 35.6 Å². The van der Waals surface area contributed by atoms with Gasteiger partial charge in [0.1, 0.15) is 0 Å². The molecule has 35 heavy (non-hydrogen) atoms. The number of anilines is 2. The van der Waals surface area contributed by atoms with Crippen molar-refractivity contribution in [2.75, 3.05) is 10.6 Å². The first-order valence-corrected chi connectivity index (χ1v) is 11.9. The molecule has 6 rings (SSSR count). The summed E-state index contributed by atoms with van der Waals surface area (Å²) in [6.07, 6.45) is 5.96. The van der Waals surface area contributed by atoms with Crippen LogP contribution in [0.1, 0.15) is 67.1 Å². The highest BCUT2D eigenvalue weighted by molar-refractivity contribution is 5.98. The second-order valence-corrected chi connectivity index (χ2v) is 9.78. The standard InChI is InChI=1S/C13H14N2O3.C12H12N2O3/c1-7-5-10-8-3-2-4-9(8)13(16)14-11(10)6-12(7)15(17)18;15-12-10-3-1-2-8(10)9-5-4-7(14(16)17)6-11(9)13-12/h5-6,8-9H,2-4H2,1H3,(H,14,16);4-6,8,10H,1-3H2,(H,13,15). The smallest absolute Gasteiger partial charge is 0.274 e. The van der Waals surface area contributed by atoms with Crippen molar-refractivity contribution in [2.24, 2.45) is 11.8 Å². The van der Waals surface area contributed by atoms with E-state index in [2.05, 4.69) is 10.6 Å². The molecule has 4 aliphatic rings. The summed E-state index contributed by atoms with van der Waals surface area (Å²) >= 11 is 0. The van der Waals surface area contributed by atoms with Crippen molar-refractivity contribution in [2.45, 2.75) is 57.3 Å². The molecule has 2 aliphatic carbocycles. The van der Waals surface area contributed by atoms with E-state index in [-0.39, 0.29) is 46.9 Å². The van der Waals surface area contributed by atoms with Gasteiger partial charge in [0.25, 0.3) is 11.4 Å². The number of rotatable bonds is 2. The fourth-order valence-corrected chi connectivity index (χ4v) is 6.16. The zero-order valence-corrected chi connectivity index (χ0v) is 19.3. The van der Waals surface area contributed by atoms with E-state index in [1.165, 1.54) is 18.2 Å². The number of nitro groups is 2. The highest BCUT2D eigenvalue weighted by Gasteiger charge is 2.40. The monoisotopic (exact) mass is 478 g/mol. The molecule has 0 aromatic heterocycles. The minimum absolute atomic E-state index is 0.0143. The van der Waals surface area contributed by atoms with E-state index in [1.54, 1.807) is 13.0 Å². The quantitative estimate of drug-likeness (QED) is 0.450. The third kappa shape index (κ3) is 4.02. The molecule has 2 aromatic rings. The van der Waals surface area contributed by atoms with Gasteiger partial charge in [-0.15, -0.1) is 0 Å². The molecule has 2 fully saturated rings. The van der Waals surface area contributed by atoms with E-state index in [9.17, 15) is 29.8 Å². The van der Waals surface area contributed by atoms with Crippen LogP contribution in [0.15, 0.2) is 30.3 Å². The molecule has 0 bridgehead atoms. The second-order valence-electron chi connectivity index (χ2n) is 9.78. The summed E-state index contributed by atoms with van der Waals surface area (Å²) in [7, 11) is 0. The predicted octanol–water partition coefficient (Wildman–Crippen LogP) is 5.17. The van der Waals surface area contributed by atoms with Crippen LogP contribution in [0.5, 0.6) is 0 Å². The number of carbonyl (C=O) groups is 2. The Hall–Kier alpha value is -3.82. The normalized spacial score (nSPS) is 25.6. The molecule has 4 atom stereocenters. The Balaban J connectivity index is 0.000000145. The lowest BCUT2D eigenvalue weighted by molar-refractivity contribution is -0.385. The number of fused-ring (bicyclic) bond motifs is 6. The highest BCUT2D eigenvalue weighted by atomic mass is 16.6. The van der Waals surface area contributed by atoms with Crippen LogP contribution < -0.4 is 10.6 Å². The number of nitro benzene ring substituents is 2. The van der Waals surface area contributed by atoms with Gasteiger partial charge in [0.2, 0.25) is 11.8 Å². The summed E-state index contributed by atoms with van der Waals surface area (Å²) in [5.74, 6) is 0.638. The minimum Gasteiger partial charge on any atom is -0.325 e. The Kier molecular flexibility index (Phi) is 5.74. The van der Waals surface area contributed by atoms with Crippen LogP contribution in [0, 0.1) is 39.0 Å². The van der Waals surface area contributed by atoms with Crippen LogP contribution in [-0.4, -0.2) is 21.7 Å². The number of nitrogens with one attached hydrogen (secondary N) is 2. The van der Waals surface area contributed by atoms with E-state index in [4.69, 9.17) is 0 Å². The molecule has 0 radical (unpaired) electrons. The maximum absolute atomic E-state index is 11.9. The van der Waals surface area contributed by atoms with Gasteiger partial charge in [-0.2, -0.15) is 0 Å². The van der Waals surface area contributed by atoms with Crippen molar-refractivity contribution in [1.29, 1.82) is 0 Å². The third-order valence-electron chi connectivity index (χ3n) is 7.83. The highest BCUT2D eigenvalue weighted by Crippen LogP contribution is 2.48. The van der Waals surface area contributed by atoms with Crippen molar-refractivity contribution < 1.29 is 19.4 Å². The Labute approximate surface area is 201 Å². The lowest BCUT2D eigenvalue weighted by Crippen LogP contribution is -2.30. The van der Waals surface area contributed by atoms with Gasteiger partial charge in [-0.05, 0) is 67.7 Å². The van der Waals surface area contributed by atoms with E-state index >= 15 is 0 Å². The topological polar surface area (TPSA) is 144 Å². The van der Waals surface area contributed by atoms with Crippen molar-refractivity contribution >= 4 is 34.6 Å². The number of non-ortho nitro benzene ring substituents is 1. The summed E-state index contributed by atoms with van der Waals surface area (Å²) in [6, 6.07) is 8.14. The molecule has 2 aliphatic heterocycles. The molecule has 0 saturated heterocycles. The predicted molar refractivity (Wildman–Crippen MR) is 128 cm³/mol. The zero-order chi connectivity index (χ0) is 24.9. The van der Waals surface area contributed by atoms with Gasteiger partial charge in [-0.25, -0.2) is 0 Å². The van der Waals surface area contributed by atoms with Crippen LogP contribution in [0.3, 0.4) is 0 Å². The van der Waals surface area contributed by atoms with Crippen molar-refractivity contribution in [3.63, 3.8) is 0 Å². The number of hydrogen-bond donors (Lipinski definition) is 2. The van der Waals surface area contributed by atoms with Crippen LogP contribution in [0.25, 0.3) is 0 Å². The molecule has 2 heterocycles. The first-order valence-electron chi connectivity index (χ1n) is 11.9. The summed E-state index contributed by atoms with van der Waals surface area (Å²) in [6.45, 7) is 1.75. The Bertz CT molecular complexity index is 1260. The van der Waals surface area contributed by atoms with E-state index in [0.29, 0.717) is 16.9 Å². The molecule has 2 amide bonds. The second kappa shape index (κ2) is 8.75. The third-order valence-corrected chi connectivity index (χ3v) is 7.83. The summed E-state index contributed by atoms with van der Waals surface area (Å²) in [4.78, 5) is 44.5. The maximum Gasteiger partial charge on any atom is 0.274 e. The summed E-state index contributed by atoms with van der Waals surface area (Å²) < 4.78 is 0. The Morgan fingerprint density at radius 2 is 1.29 bits per heavy atom. The molecule has 182 valence electrons. The largest absolute Gasteiger partial charge is 0.325 e. The first-order chi connectivity index (χ1) is 16.7. The molecule has 0 spiro atoms. The van der Waals surface area contributed by atoms with Crippen LogP contribution in [0.4, 0.5) is 22.7 Å². The number of benzene rings is 2. The lowest BCUT2D eigenvalue weighted by atomic mass is 9.83. The fraction of sp³-hybridized carbons (Fsp3) is 0.440.